The zero-order valence-electron chi connectivity index (χ0n) is 8.40. The maximum atomic E-state index is 5.36. The van der Waals surface area contributed by atoms with E-state index in [1.165, 1.54) is 11.1 Å². The Bertz CT molecular complexity index is 468. The molecule has 2 heteroatoms. The summed E-state index contributed by atoms with van der Waals surface area (Å²) in [5, 5.41) is 3.40. The Morgan fingerprint density at radius 3 is 3.13 bits per heavy atom. The number of hydrogen-bond acceptors (Lipinski definition) is 2. The lowest BCUT2D eigenvalue weighted by atomic mass is 9.74. The van der Waals surface area contributed by atoms with Crippen LogP contribution in [0.15, 0.2) is 24.5 Å². The molecule has 1 aliphatic carbocycles. The molecule has 0 aromatic carbocycles. The van der Waals surface area contributed by atoms with E-state index in [9.17, 15) is 0 Å². The molecule has 0 amide bonds. The minimum atomic E-state index is 0.680. The molecule has 3 rings (SSSR count). The van der Waals surface area contributed by atoms with Crippen LogP contribution in [0.2, 0.25) is 0 Å². The lowest BCUT2D eigenvalue weighted by Gasteiger charge is -2.29. The van der Waals surface area contributed by atoms with Crippen LogP contribution in [0.5, 0.6) is 0 Å². The summed E-state index contributed by atoms with van der Waals surface area (Å²) in [5.41, 5.74) is 3.47. The van der Waals surface area contributed by atoms with E-state index in [1.807, 2.05) is 12.3 Å². The van der Waals surface area contributed by atoms with Crippen LogP contribution in [-0.4, -0.2) is 18.1 Å². The Hall–Kier alpha value is -1.59. The molecule has 0 spiro atoms. The van der Waals surface area contributed by atoms with Crippen molar-refractivity contribution in [2.45, 2.75) is 0 Å². The van der Waals surface area contributed by atoms with Gasteiger partial charge in [0.2, 0.25) is 0 Å². The van der Waals surface area contributed by atoms with Crippen LogP contribution in [0.4, 0.5) is 0 Å². The highest BCUT2D eigenvalue weighted by atomic mass is 14.9. The van der Waals surface area contributed by atoms with E-state index in [0.29, 0.717) is 5.92 Å². The zero-order valence-corrected chi connectivity index (χ0v) is 8.40. The van der Waals surface area contributed by atoms with Crippen molar-refractivity contribution in [3.05, 3.63) is 35.7 Å². The van der Waals surface area contributed by atoms with Gasteiger partial charge in [-0.05, 0) is 23.1 Å². The smallest absolute Gasteiger partial charge is 0.0432 e. The van der Waals surface area contributed by atoms with Gasteiger partial charge >= 0.3 is 0 Å². The van der Waals surface area contributed by atoms with Gasteiger partial charge in [0, 0.05) is 37.0 Å². The van der Waals surface area contributed by atoms with Crippen LogP contribution in [0.1, 0.15) is 11.1 Å². The van der Waals surface area contributed by atoms with Crippen LogP contribution in [-0.2, 0) is 0 Å². The summed E-state index contributed by atoms with van der Waals surface area (Å²) in [6.45, 7) is 2.22. The number of rotatable bonds is 1. The van der Waals surface area contributed by atoms with Crippen LogP contribution in [0.3, 0.4) is 0 Å². The third kappa shape index (κ3) is 1.28. The van der Waals surface area contributed by atoms with Crippen molar-refractivity contribution in [3.8, 4) is 12.3 Å². The van der Waals surface area contributed by atoms with Gasteiger partial charge in [-0.15, -0.1) is 6.42 Å². The van der Waals surface area contributed by atoms with Crippen molar-refractivity contribution < 1.29 is 0 Å². The Kier molecular flexibility index (Phi) is 1.87. The summed E-state index contributed by atoms with van der Waals surface area (Å²) >= 11 is 0. The predicted molar refractivity (Wildman–Crippen MR) is 60.0 cm³/mol. The molecule has 2 heterocycles. The Morgan fingerprint density at radius 2 is 2.33 bits per heavy atom. The molecule has 0 saturated carbocycles. The third-order valence-corrected chi connectivity index (χ3v) is 3.29. The molecule has 1 aromatic heterocycles. The van der Waals surface area contributed by atoms with Crippen molar-refractivity contribution in [2.24, 2.45) is 11.8 Å². The number of pyridine rings is 1. The fraction of sp³-hybridized carbons (Fsp3) is 0.308. The van der Waals surface area contributed by atoms with E-state index in [2.05, 4.69) is 22.3 Å². The Balaban J connectivity index is 1.95. The van der Waals surface area contributed by atoms with E-state index in [0.717, 1.165) is 24.6 Å². The van der Waals surface area contributed by atoms with Crippen molar-refractivity contribution in [1.82, 2.24) is 10.3 Å². The summed E-state index contributed by atoms with van der Waals surface area (Å²) in [4.78, 5) is 4.17. The molecule has 2 aliphatic rings. The molecule has 1 saturated heterocycles. The van der Waals surface area contributed by atoms with Gasteiger partial charge in [0.15, 0.2) is 0 Å². The minimum Gasteiger partial charge on any atom is -0.315 e. The van der Waals surface area contributed by atoms with E-state index in [-0.39, 0.29) is 0 Å². The van der Waals surface area contributed by atoms with Gasteiger partial charge in [0.1, 0.15) is 0 Å². The highest BCUT2D eigenvalue weighted by Crippen LogP contribution is 2.42. The molecule has 15 heavy (non-hydrogen) atoms. The summed E-state index contributed by atoms with van der Waals surface area (Å²) in [6.07, 6.45) is 11.3. The topological polar surface area (TPSA) is 24.9 Å². The van der Waals surface area contributed by atoms with Gasteiger partial charge < -0.3 is 5.32 Å². The monoisotopic (exact) mass is 196 g/mol. The highest BCUT2D eigenvalue weighted by Gasteiger charge is 2.36. The fourth-order valence-corrected chi connectivity index (χ4v) is 2.44. The molecule has 0 radical (unpaired) electrons. The van der Waals surface area contributed by atoms with E-state index < -0.39 is 0 Å². The van der Waals surface area contributed by atoms with Crippen LogP contribution in [0.25, 0.3) is 5.57 Å². The molecule has 2 unspecified atom stereocenters. The largest absolute Gasteiger partial charge is 0.315 e. The van der Waals surface area contributed by atoms with Crippen LogP contribution < -0.4 is 5.32 Å². The molecular formula is C13H12N2. The average molecular weight is 196 g/mol. The van der Waals surface area contributed by atoms with Crippen molar-refractivity contribution in [2.75, 3.05) is 13.1 Å². The number of nitrogens with one attached hydrogen (secondary N) is 1. The first kappa shape index (κ1) is 8.70. The molecule has 1 aliphatic heterocycles. The second kappa shape index (κ2) is 3.22. The first-order valence-electron chi connectivity index (χ1n) is 5.23. The molecule has 0 bridgehead atoms. The molecule has 1 aromatic rings. The molecule has 74 valence electrons. The number of hydrogen-bond donors (Lipinski definition) is 1. The van der Waals surface area contributed by atoms with E-state index in [1.54, 1.807) is 6.20 Å². The number of terminal acetylenes is 1. The summed E-state index contributed by atoms with van der Waals surface area (Å²) in [6, 6.07) is 2.05. The highest BCUT2D eigenvalue weighted by molar-refractivity contribution is 5.74. The van der Waals surface area contributed by atoms with E-state index in [4.69, 9.17) is 6.42 Å². The van der Waals surface area contributed by atoms with Gasteiger partial charge in [-0.3, -0.25) is 4.98 Å². The number of nitrogens with zero attached hydrogens (tertiary/aromatic N) is 1. The third-order valence-electron chi connectivity index (χ3n) is 3.29. The normalized spacial score (nSPS) is 27.5. The maximum Gasteiger partial charge on any atom is 0.0432 e. The Morgan fingerprint density at radius 1 is 1.40 bits per heavy atom. The zero-order chi connectivity index (χ0) is 10.3. The minimum absolute atomic E-state index is 0.680. The van der Waals surface area contributed by atoms with Crippen LogP contribution >= 0.6 is 0 Å². The molecular weight excluding hydrogens is 184 g/mol. The first-order valence-corrected chi connectivity index (χ1v) is 5.23. The van der Waals surface area contributed by atoms with Gasteiger partial charge in [-0.2, -0.15) is 0 Å². The Labute approximate surface area is 89.4 Å². The SMILES string of the molecule is C#Cc1cncc(C2=CC3CNCC23)c1. The van der Waals surface area contributed by atoms with E-state index >= 15 is 0 Å². The van der Waals surface area contributed by atoms with Gasteiger partial charge in [0.25, 0.3) is 0 Å². The van der Waals surface area contributed by atoms with Gasteiger partial charge in [-0.1, -0.05) is 12.0 Å². The van der Waals surface area contributed by atoms with Crippen molar-refractivity contribution in [1.29, 1.82) is 0 Å². The molecule has 1 fully saturated rings. The van der Waals surface area contributed by atoms with Gasteiger partial charge in [-0.25, -0.2) is 0 Å². The standard InChI is InChI=1S/C13H12N2/c1-2-9-3-10(6-14-5-9)12-4-11-7-15-8-13(11)12/h1,3-6,11,13,15H,7-8H2. The van der Waals surface area contributed by atoms with Crippen molar-refractivity contribution >= 4 is 5.57 Å². The summed E-state index contributed by atoms with van der Waals surface area (Å²) in [7, 11) is 0. The van der Waals surface area contributed by atoms with Gasteiger partial charge in [0.05, 0.1) is 0 Å². The summed E-state index contributed by atoms with van der Waals surface area (Å²) < 4.78 is 0. The lowest BCUT2D eigenvalue weighted by molar-refractivity contribution is 0.564. The number of fused-ring (bicyclic) bond motifs is 1. The molecule has 1 N–H and O–H groups in total. The predicted octanol–water partition coefficient (Wildman–Crippen LogP) is 1.30. The number of aromatic nitrogens is 1. The quantitative estimate of drug-likeness (QED) is 0.685. The molecule has 2 nitrogen and oxygen atoms in total. The maximum absolute atomic E-state index is 5.36. The molecule has 2 atom stereocenters. The second-order valence-corrected chi connectivity index (χ2v) is 4.16. The average Bonchev–Trinajstić information content (AvgIpc) is 2.61. The first-order chi connectivity index (χ1) is 7.38. The summed E-state index contributed by atoms with van der Waals surface area (Å²) in [5.74, 6) is 4.04. The fourth-order valence-electron chi connectivity index (χ4n) is 2.44. The lowest BCUT2D eigenvalue weighted by Crippen LogP contribution is -2.22. The second-order valence-electron chi connectivity index (χ2n) is 4.16. The van der Waals surface area contributed by atoms with Crippen LogP contribution in [0, 0.1) is 24.2 Å². The van der Waals surface area contributed by atoms with Crippen molar-refractivity contribution in [3.63, 3.8) is 0 Å².